The van der Waals surface area contributed by atoms with Crippen LogP contribution in [0, 0.1) is 0 Å². The van der Waals surface area contributed by atoms with Crippen LogP contribution in [0.25, 0.3) is 0 Å². The molecule has 14 heavy (non-hydrogen) atoms. The zero-order valence-electron chi connectivity index (χ0n) is 6.33. The molecule has 70 valence electrons. The largest absolute Gasteiger partial charge is 0.377 e. The van der Waals surface area contributed by atoms with Crippen LogP contribution >= 0.6 is 0 Å². The number of amides is 4. The van der Waals surface area contributed by atoms with E-state index in [9.17, 15) is 24.0 Å². The van der Waals surface area contributed by atoms with Crippen LogP contribution in [-0.2, 0) is 19.2 Å². The minimum Gasteiger partial charge on any atom is -0.261 e. The van der Waals surface area contributed by atoms with Crippen LogP contribution in [0.4, 0.5) is 4.79 Å². The van der Waals surface area contributed by atoms with Crippen LogP contribution in [0.2, 0.25) is 0 Å². The van der Waals surface area contributed by atoms with E-state index in [2.05, 4.69) is 10.2 Å². The third kappa shape index (κ3) is 1.20. The second kappa shape index (κ2) is 3.40. The van der Waals surface area contributed by atoms with Crippen LogP contribution in [0.15, 0.2) is 10.2 Å². The molecule has 0 radical (unpaired) electrons. The van der Waals surface area contributed by atoms with E-state index in [1.807, 2.05) is 0 Å². The Hall–Kier alpha value is -2.63. The predicted octanol–water partition coefficient (Wildman–Crippen LogP) is -1.72. The average molecular weight is 196 g/mol. The highest BCUT2D eigenvalue weighted by molar-refractivity contribution is 6.44. The molecule has 1 aliphatic rings. The van der Waals surface area contributed by atoms with Gasteiger partial charge in [-0.3, -0.25) is 9.59 Å². The van der Waals surface area contributed by atoms with Crippen LogP contribution in [-0.4, -0.2) is 40.0 Å². The fourth-order valence-electron chi connectivity index (χ4n) is 0.703. The zero-order valence-corrected chi connectivity index (χ0v) is 6.33. The smallest absolute Gasteiger partial charge is 0.261 e. The fraction of sp³-hybridized carbons (Fsp3) is 0. The molecule has 0 aliphatic carbocycles. The zero-order chi connectivity index (χ0) is 10.7. The van der Waals surface area contributed by atoms with Crippen molar-refractivity contribution in [2.24, 2.45) is 10.2 Å². The molecule has 1 heterocycles. The summed E-state index contributed by atoms with van der Waals surface area (Å²) in [6.45, 7) is 0. The van der Waals surface area contributed by atoms with Gasteiger partial charge in [-0.2, -0.15) is 0 Å². The minimum absolute atomic E-state index is 0.0594. The lowest BCUT2D eigenvalue weighted by molar-refractivity contribution is -0.143. The lowest BCUT2D eigenvalue weighted by Gasteiger charge is -2.00. The number of imide groups is 2. The molecule has 4 amide bonds. The average Bonchev–Trinajstić information content (AvgIpc) is 2.36. The molecule has 0 N–H and O–H groups in total. The second-order valence-electron chi connectivity index (χ2n) is 1.90. The van der Waals surface area contributed by atoms with E-state index in [1.54, 1.807) is 0 Å². The minimum atomic E-state index is -1.39. The highest BCUT2D eigenvalue weighted by atomic mass is 16.3. The molecule has 1 saturated heterocycles. The van der Waals surface area contributed by atoms with Gasteiger partial charge in [0.1, 0.15) is 0 Å². The highest BCUT2D eigenvalue weighted by Crippen LogP contribution is 2.11. The molecule has 1 fully saturated rings. The van der Waals surface area contributed by atoms with Crippen molar-refractivity contribution in [2.45, 2.75) is 0 Å². The van der Waals surface area contributed by atoms with Crippen molar-refractivity contribution < 1.29 is 24.0 Å². The van der Waals surface area contributed by atoms with Crippen molar-refractivity contribution in [3.05, 3.63) is 0 Å². The number of carbonyl (C=O) groups excluding carboxylic acids is 5. The van der Waals surface area contributed by atoms with E-state index in [-0.39, 0.29) is 10.0 Å². The summed E-state index contributed by atoms with van der Waals surface area (Å²) in [4.78, 5) is 52.2. The topological polar surface area (TPSA) is 117 Å². The molecule has 0 unspecified atom stereocenters. The summed E-state index contributed by atoms with van der Waals surface area (Å²) in [5.41, 5.74) is 0. The van der Waals surface area contributed by atoms with Gasteiger partial charge in [0.15, 0.2) is 0 Å². The fourth-order valence-corrected chi connectivity index (χ4v) is 0.703. The lowest BCUT2D eigenvalue weighted by atomic mass is 10.6. The monoisotopic (exact) mass is 196 g/mol. The molecule has 0 bridgehead atoms. The highest BCUT2D eigenvalue weighted by Gasteiger charge is 2.46. The molecule has 0 aromatic rings. The number of isocyanates is 2. The van der Waals surface area contributed by atoms with Crippen molar-refractivity contribution in [1.82, 2.24) is 10.0 Å². The van der Waals surface area contributed by atoms with E-state index in [0.29, 0.717) is 0 Å². The Morgan fingerprint density at radius 1 is 0.857 bits per heavy atom. The van der Waals surface area contributed by atoms with Gasteiger partial charge in [0.05, 0.1) is 0 Å². The summed E-state index contributed by atoms with van der Waals surface area (Å²) in [6, 6.07) is -1.33. The Morgan fingerprint density at radius 3 is 1.50 bits per heavy atom. The number of urea groups is 1. The SMILES string of the molecule is O=C=NN1C(=O)C(=O)N(N=C=O)C1=O. The number of carbonyl (C=O) groups is 3. The summed E-state index contributed by atoms with van der Waals surface area (Å²) >= 11 is 0. The third-order valence-electron chi connectivity index (χ3n) is 1.21. The standard InChI is InChI=1S/C5N4O5/c10-1-6-8-3(12)4(13)9(5(8)14)7-2-11. The molecule has 9 heteroatoms. The van der Waals surface area contributed by atoms with Crippen molar-refractivity contribution in [3.63, 3.8) is 0 Å². The van der Waals surface area contributed by atoms with Gasteiger partial charge in [-0.05, 0) is 0 Å². The lowest BCUT2D eigenvalue weighted by Crippen LogP contribution is -2.26. The maximum atomic E-state index is 11.0. The summed E-state index contributed by atoms with van der Waals surface area (Å²) in [5, 5.41) is 5.17. The van der Waals surface area contributed by atoms with Gasteiger partial charge in [0.2, 0.25) is 0 Å². The Kier molecular flexibility index (Phi) is 2.30. The molecule has 1 aliphatic heterocycles. The molecular weight excluding hydrogens is 196 g/mol. The van der Waals surface area contributed by atoms with Gasteiger partial charge in [-0.15, -0.1) is 10.0 Å². The maximum Gasteiger partial charge on any atom is 0.377 e. The van der Waals surface area contributed by atoms with Gasteiger partial charge in [-0.25, -0.2) is 14.4 Å². The van der Waals surface area contributed by atoms with Gasteiger partial charge in [0.25, 0.3) is 12.2 Å². The molecule has 0 aromatic carbocycles. The van der Waals surface area contributed by atoms with E-state index in [4.69, 9.17) is 0 Å². The number of rotatable bonds is 2. The normalized spacial score (nSPS) is 15.3. The molecule has 0 saturated carbocycles. The second-order valence-corrected chi connectivity index (χ2v) is 1.90. The van der Waals surface area contributed by atoms with Crippen LogP contribution in [0.1, 0.15) is 0 Å². The predicted molar refractivity (Wildman–Crippen MR) is 35.3 cm³/mol. The first-order valence-electron chi connectivity index (χ1n) is 3.01. The molecule has 0 spiro atoms. The van der Waals surface area contributed by atoms with Gasteiger partial charge >= 0.3 is 17.8 Å². The van der Waals surface area contributed by atoms with Crippen LogP contribution < -0.4 is 0 Å². The molecular formula is C5N4O5. The summed E-state index contributed by atoms with van der Waals surface area (Å²) < 4.78 is 0. The van der Waals surface area contributed by atoms with Gasteiger partial charge < -0.3 is 0 Å². The molecule has 0 atom stereocenters. The Balaban J connectivity index is 3.14. The summed E-state index contributed by atoms with van der Waals surface area (Å²) in [5.74, 6) is -2.78. The Bertz CT molecular complexity index is 378. The van der Waals surface area contributed by atoms with Crippen molar-refractivity contribution in [2.75, 3.05) is 0 Å². The molecule has 0 aromatic heterocycles. The summed E-state index contributed by atoms with van der Waals surface area (Å²) in [6.07, 6.45) is 1.79. The molecule has 1 rings (SSSR count). The molecule has 9 nitrogen and oxygen atoms in total. The number of nitrogens with zero attached hydrogens (tertiary/aromatic N) is 4. The van der Waals surface area contributed by atoms with E-state index >= 15 is 0 Å². The first kappa shape index (κ1) is 9.46. The van der Waals surface area contributed by atoms with Gasteiger partial charge in [0, 0.05) is 0 Å². The van der Waals surface area contributed by atoms with Crippen LogP contribution in [0.3, 0.4) is 0 Å². The quantitative estimate of drug-likeness (QED) is 0.225. The van der Waals surface area contributed by atoms with Gasteiger partial charge in [-0.1, -0.05) is 10.2 Å². The number of hydrogen-bond donors (Lipinski definition) is 0. The Morgan fingerprint density at radius 2 is 1.21 bits per heavy atom. The summed E-state index contributed by atoms with van der Waals surface area (Å²) in [7, 11) is 0. The first-order chi connectivity index (χ1) is 6.63. The Labute approximate surface area is 75.3 Å². The van der Waals surface area contributed by atoms with Crippen molar-refractivity contribution >= 4 is 30.0 Å². The van der Waals surface area contributed by atoms with E-state index in [1.165, 1.54) is 0 Å². The number of hydrogen-bond acceptors (Lipinski definition) is 7. The first-order valence-corrected chi connectivity index (χ1v) is 3.01. The van der Waals surface area contributed by atoms with Crippen molar-refractivity contribution in [3.8, 4) is 0 Å². The maximum absolute atomic E-state index is 11.0. The van der Waals surface area contributed by atoms with Crippen molar-refractivity contribution in [1.29, 1.82) is 0 Å². The van der Waals surface area contributed by atoms with E-state index < -0.39 is 17.8 Å². The van der Waals surface area contributed by atoms with Crippen LogP contribution in [0.5, 0.6) is 0 Å². The number of hydrazone groups is 2. The third-order valence-corrected chi connectivity index (χ3v) is 1.21. The van der Waals surface area contributed by atoms with E-state index in [0.717, 1.165) is 12.2 Å².